The molecule has 0 saturated carbocycles. The molecule has 3 N–H and O–H groups in total. The minimum absolute atomic E-state index is 0.175. The highest BCUT2D eigenvalue weighted by Gasteiger charge is 2.23. The summed E-state index contributed by atoms with van der Waals surface area (Å²) in [5.74, 6) is -0.485. The van der Waals surface area contributed by atoms with Crippen molar-refractivity contribution in [3.63, 3.8) is 0 Å². The molecule has 1 unspecified atom stereocenters. The molecule has 0 bridgehead atoms. The van der Waals surface area contributed by atoms with Crippen LogP contribution in [0.5, 0.6) is 0 Å². The van der Waals surface area contributed by atoms with E-state index in [0.717, 1.165) is 23.9 Å². The molecule has 1 aromatic heterocycles. The zero-order valence-corrected chi connectivity index (χ0v) is 18.8. The minimum Gasteiger partial charge on any atom is -0.354 e. The summed E-state index contributed by atoms with van der Waals surface area (Å²) in [7, 11) is 0. The summed E-state index contributed by atoms with van der Waals surface area (Å²) in [5.41, 5.74) is 3.58. The molecule has 7 heteroatoms. The van der Waals surface area contributed by atoms with Gasteiger partial charge in [-0.25, -0.2) is 4.98 Å². The lowest BCUT2D eigenvalue weighted by Gasteiger charge is -2.18. The standard InChI is InChI=1S/C26H25ClN4O2/c27-20-14-12-19(13-15-20)17-23(25(32)28-16-6-9-18-7-2-1-3-8-18)31-26(33)24-29-21-10-4-5-11-22(21)30-24/h1-5,7-8,10-15,23H,6,9,16-17H2,(H,28,32)(H,29,30)(H,31,33). The van der Waals surface area contributed by atoms with Gasteiger partial charge in [0.25, 0.3) is 5.91 Å². The van der Waals surface area contributed by atoms with Crippen LogP contribution in [0.25, 0.3) is 11.0 Å². The second-order valence-electron chi connectivity index (χ2n) is 7.84. The molecular weight excluding hydrogens is 436 g/mol. The number of hydrogen-bond acceptors (Lipinski definition) is 3. The van der Waals surface area contributed by atoms with Crippen molar-refractivity contribution in [2.45, 2.75) is 25.3 Å². The summed E-state index contributed by atoms with van der Waals surface area (Å²) in [5, 5.41) is 6.41. The van der Waals surface area contributed by atoms with E-state index >= 15 is 0 Å². The third-order valence-corrected chi connectivity index (χ3v) is 5.62. The van der Waals surface area contributed by atoms with E-state index in [1.54, 1.807) is 12.1 Å². The molecule has 4 aromatic rings. The van der Waals surface area contributed by atoms with Gasteiger partial charge >= 0.3 is 0 Å². The lowest BCUT2D eigenvalue weighted by Crippen LogP contribution is -2.48. The van der Waals surface area contributed by atoms with Crippen molar-refractivity contribution in [1.82, 2.24) is 20.6 Å². The van der Waals surface area contributed by atoms with E-state index in [0.29, 0.717) is 23.5 Å². The molecule has 0 fully saturated rings. The Bertz CT molecular complexity index is 1190. The molecule has 168 valence electrons. The molecule has 2 amide bonds. The molecule has 3 aromatic carbocycles. The van der Waals surface area contributed by atoms with Gasteiger partial charge in [0.15, 0.2) is 5.82 Å². The Hall–Kier alpha value is -3.64. The number of amides is 2. The SMILES string of the molecule is O=C(NC(Cc1ccc(Cl)cc1)C(=O)NCCCc1ccccc1)c1nc2ccccc2[nH]1. The van der Waals surface area contributed by atoms with Gasteiger partial charge in [-0.2, -0.15) is 0 Å². The number of rotatable bonds is 9. The number of carbonyl (C=O) groups is 2. The highest BCUT2D eigenvalue weighted by atomic mass is 35.5. The van der Waals surface area contributed by atoms with Gasteiger partial charge in [-0.3, -0.25) is 9.59 Å². The minimum atomic E-state index is -0.747. The van der Waals surface area contributed by atoms with E-state index < -0.39 is 11.9 Å². The second-order valence-corrected chi connectivity index (χ2v) is 8.28. The average Bonchev–Trinajstić information content (AvgIpc) is 3.28. The van der Waals surface area contributed by atoms with Crippen LogP contribution in [0.4, 0.5) is 0 Å². The first kappa shape index (κ1) is 22.6. The van der Waals surface area contributed by atoms with Gasteiger partial charge < -0.3 is 15.6 Å². The number of H-pyrrole nitrogens is 1. The normalized spacial score (nSPS) is 11.8. The van der Waals surface area contributed by atoms with Crippen molar-refractivity contribution in [3.05, 3.63) is 101 Å². The topological polar surface area (TPSA) is 86.9 Å². The van der Waals surface area contributed by atoms with Crippen LogP contribution in [-0.2, 0) is 17.6 Å². The van der Waals surface area contributed by atoms with Crippen LogP contribution >= 0.6 is 11.6 Å². The highest BCUT2D eigenvalue weighted by Crippen LogP contribution is 2.13. The van der Waals surface area contributed by atoms with Crippen LogP contribution in [0.3, 0.4) is 0 Å². The Balaban J connectivity index is 1.41. The number of aryl methyl sites for hydroxylation is 1. The fourth-order valence-electron chi connectivity index (χ4n) is 3.62. The molecule has 0 saturated heterocycles. The van der Waals surface area contributed by atoms with E-state index in [-0.39, 0.29) is 11.7 Å². The first-order chi connectivity index (χ1) is 16.1. The van der Waals surface area contributed by atoms with Gasteiger partial charge in [0.05, 0.1) is 11.0 Å². The van der Waals surface area contributed by atoms with Crippen molar-refractivity contribution in [1.29, 1.82) is 0 Å². The van der Waals surface area contributed by atoms with E-state index in [1.165, 1.54) is 5.56 Å². The number of carbonyl (C=O) groups excluding carboxylic acids is 2. The van der Waals surface area contributed by atoms with E-state index in [1.807, 2.05) is 54.6 Å². The number of aromatic amines is 1. The highest BCUT2D eigenvalue weighted by molar-refractivity contribution is 6.30. The van der Waals surface area contributed by atoms with Gasteiger partial charge in [0, 0.05) is 18.0 Å². The van der Waals surface area contributed by atoms with Crippen LogP contribution in [0.15, 0.2) is 78.9 Å². The Labute approximate surface area is 197 Å². The largest absolute Gasteiger partial charge is 0.354 e. The summed E-state index contributed by atoms with van der Waals surface area (Å²) in [6, 6.07) is 24.0. The van der Waals surface area contributed by atoms with E-state index in [4.69, 9.17) is 11.6 Å². The Morgan fingerprint density at radius 2 is 1.64 bits per heavy atom. The van der Waals surface area contributed by atoms with Gasteiger partial charge in [0.2, 0.25) is 5.91 Å². The van der Waals surface area contributed by atoms with Crippen molar-refractivity contribution in [2.24, 2.45) is 0 Å². The molecule has 0 radical (unpaired) electrons. The van der Waals surface area contributed by atoms with Gasteiger partial charge in [-0.1, -0.05) is 66.2 Å². The molecule has 0 aliphatic rings. The lowest BCUT2D eigenvalue weighted by atomic mass is 10.0. The first-order valence-corrected chi connectivity index (χ1v) is 11.3. The van der Waals surface area contributed by atoms with Crippen LogP contribution in [0, 0.1) is 0 Å². The van der Waals surface area contributed by atoms with Crippen LogP contribution < -0.4 is 10.6 Å². The van der Waals surface area contributed by atoms with Crippen molar-refractivity contribution in [2.75, 3.05) is 6.54 Å². The summed E-state index contributed by atoms with van der Waals surface area (Å²) in [4.78, 5) is 33.2. The number of hydrogen-bond donors (Lipinski definition) is 3. The summed E-state index contributed by atoms with van der Waals surface area (Å²) < 4.78 is 0. The molecule has 4 rings (SSSR count). The monoisotopic (exact) mass is 460 g/mol. The lowest BCUT2D eigenvalue weighted by molar-refractivity contribution is -0.122. The number of fused-ring (bicyclic) bond motifs is 1. The molecule has 0 spiro atoms. The van der Waals surface area contributed by atoms with Crippen LogP contribution in [0.1, 0.15) is 28.2 Å². The number of halogens is 1. The van der Waals surface area contributed by atoms with E-state index in [2.05, 4.69) is 32.7 Å². The number of imidazole rings is 1. The van der Waals surface area contributed by atoms with Crippen molar-refractivity contribution in [3.8, 4) is 0 Å². The third kappa shape index (κ3) is 6.20. The Kier molecular flexibility index (Phi) is 7.37. The number of nitrogens with one attached hydrogen (secondary N) is 3. The predicted octanol–water partition coefficient (Wildman–Crippen LogP) is 4.31. The molecule has 0 aliphatic carbocycles. The van der Waals surface area contributed by atoms with Gasteiger partial charge in [-0.05, 0) is 48.2 Å². The summed E-state index contributed by atoms with van der Waals surface area (Å²) in [6.45, 7) is 0.519. The third-order valence-electron chi connectivity index (χ3n) is 5.36. The second kappa shape index (κ2) is 10.8. The first-order valence-electron chi connectivity index (χ1n) is 10.9. The molecule has 6 nitrogen and oxygen atoms in total. The van der Waals surface area contributed by atoms with Gasteiger partial charge in [0.1, 0.15) is 6.04 Å². The van der Waals surface area contributed by atoms with Crippen LogP contribution in [0.2, 0.25) is 5.02 Å². The zero-order valence-electron chi connectivity index (χ0n) is 18.1. The Morgan fingerprint density at radius 1 is 0.909 bits per heavy atom. The molecular formula is C26H25ClN4O2. The predicted molar refractivity (Wildman–Crippen MR) is 130 cm³/mol. The number of aromatic nitrogens is 2. The molecule has 33 heavy (non-hydrogen) atoms. The molecule has 0 aliphatic heterocycles. The van der Waals surface area contributed by atoms with Crippen LogP contribution in [-0.4, -0.2) is 34.4 Å². The maximum Gasteiger partial charge on any atom is 0.287 e. The summed E-state index contributed by atoms with van der Waals surface area (Å²) >= 11 is 5.99. The van der Waals surface area contributed by atoms with Gasteiger partial charge in [-0.15, -0.1) is 0 Å². The summed E-state index contributed by atoms with van der Waals surface area (Å²) in [6.07, 6.45) is 2.02. The average molecular weight is 461 g/mol. The molecule has 1 heterocycles. The quantitative estimate of drug-likeness (QED) is 0.325. The fraction of sp³-hybridized carbons (Fsp3) is 0.192. The smallest absolute Gasteiger partial charge is 0.287 e. The number of para-hydroxylation sites is 2. The fourth-order valence-corrected chi connectivity index (χ4v) is 3.75. The zero-order chi connectivity index (χ0) is 23.0. The number of nitrogens with zero attached hydrogens (tertiary/aromatic N) is 1. The maximum absolute atomic E-state index is 13.0. The van der Waals surface area contributed by atoms with Crippen molar-refractivity contribution >= 4 is 34.4 Å². The van der Waals surface area contributed by atoms with E-state index in [9.17, 15) is 9.59 Å². The maximum atomic E-state index is 13.0. The molecule has 1 atom stereocenters. The Morgan fingerprint density at radius 3 is 2.39 bits per heavy atom. The number of benzene rings is 3. The van der Waals surface area contributed by atoms with Crippen molar-refractivity contribution < 1.29 is 9.59 Å².